The van der Waals surface area contributed by atoms with Crippen LogP contribution in [0.5, 0.6) is 0 Å². The number of carbonyl (C=O) groups excluding carboxylic acids is 1. The van der Waals surface area contributed by atoms with Gasteiger partial charge >= 0.3 is 0 Å². The number of rotatable bonds is 4. The van der Waals surface area contributed by atoms with Crippen molar-refractivity contribution >= 4 is 28.1 Å². The number of pyridine rings is 1. The van der Waals surface area contributed by atoms with Crippen molar-refractivity contribution in [3.63, 3.8) is 0 Å². The van der Waals surface area contributed by atoms with Crippen molar-refractivity contribution in [3.05, 3.63) is 71.9 Å². The maximum atomic E-state index is 13.0. The number of hydrazone groups is 1. The fourth-order valence-electron chi connectivity index (χ4n) is 2.53. The van der Waals surface area contributed by atoms with E-state index in [1.165, 1.54) is 5.56 Å². The lowest BCUT2D eigenvalue weighted by Gasteiger charge is -2.18. The third kappa shape index (κ3) is 3.97. The number of hydrogen-bond acceptors (Lipinski definition) is 4. The normalized spacial score (nSPS) is 12.2. The van der Waals surface area contributed by atoms with E-state index in [4.69, 9.17) is 0 Å². The molecule has 0 spiro atoms. The van der Waals surface area contributed by atoms with Gasteiger partial charge in [0.15, 0.2) is 11.5 Å². The highest BCUT2D eigenvalue weighted by molar-refractivity contribution is 6.47. The molecule has 0 aliphatic heterocycles. The van der Waals surface area contributed by atoms with E-state index in [2.05, 4.69) is 15.5 Å². The van der Waals surface area contributed by atoms with Crippen molar-refractivity contribution in [2.24, 2.45) is 10.5 Å². The minimum absolute atomic E-state index is 0.0557. The molecule has 0 aliphatic rings. The zero-order chi connectivity index (χ0) is 18.7. The molecule has 0 bridgehead atoms. The van der Waals surface area contributed by atoms with E-state index in [0.717, 1.165) is 16.6 Å². The van der Waals surface area contributed by atoms with Gasteiger partial charge in [-0.2, -0.15) is 5.10 Å². The third-order valence-corrected chi connectivity index (χ3v) is 4.09. The second-order valence-corrected chi connectivity index (χ2v) is 7.41. The molecule has 4 nitrogen and oxygen atoms in total. The Hall–Kier alpha value is -3.01. The van der Waals surface area contributed by atoms with Gasteiger partial charge in [0.05, 0.1) is 16.9 Å². The Labute approximate surface area is 154 Å². The Morgan fingerprint density at radius 1 is 0.962 bits per heavy atom. The van der Waals surface area contributed by atoms with Crippen LogP contribution in [0.1, 0.15) is 32.0 Å². The van der Waals surface area contributed by atoms with Crippen LogP contribution >= 0.6 is 0 Å². The van der Waals surface area contributed by atoms with E-state index in [9.17, 15) is 4.79 Å². The first-order chi connectivity index (χ1) is 12.3. The van der Waals surface area contributed by atoms with E-state index in [1.54, 1.807) is 0 Å². The summed E-state index contributed by atoms with van der Waals surface area (Å²) in [5, 5.41) is 5.45. The van der Waals surface area contributed by atoms with Crippen molar-refractivity contribution in [2.75, 3.05) is 5.43 Å². The fourth-order valence-corrected chi connectivity index (χ4v) is 2.53. The Kier molecular flexibility index (Phi) is 4.85. The molecule has 1 heterocycles. The van der Waals surface area contributed by atoms with Crippen molar-refractivity contribution < 1.29 is 4.79 Å². The van der Waals surface area contributed by atoms with Crippen LogP contribution in [-0.4, -0.2) is 16.5 Å². The van der Waals surface area contributed by atoms with E-state index < -0.39 is 5.41 Å². The molecule has 3 rings (SSSR count). The zero-order valence-corrected chi connectivity index (χ0v) is 15.6. The lowest BCUT2D eigenvalue weighted by molar-refractivity contribution is -0.119. The molecular weight excluding hydrogens is 322 g/mol. The Morgan fingerprint density at radius 2 is 1.65 bits per heavy atom. The van der Waals surface area contributed by atoms with Crippen LogP contribution in [-0.2, 0) is 4.79 Å². The standard InChI is InChI=1S/C22H23N3O/c1-15-9-12-17(13-10-15)24-25-20(21(26)22(2,3)4)19-14-11-16-7-5-6-8-18(16)23-19/h5-14,24H,1-4H3/b25-20+. The lowest BCUT2D eigenvalue weighted by Crippen LogP contribution is -2.30. The number of fused-ring (bicyclic) bond motifs is 1. The summed E-state index contributed by atoms with van der Waals surface area (Å²) < 4.78 is 0. The lowest BCUT2D eigenvalue weighted by atomic mass is 9.87. The number of Topliss-reactive ketones (excluding diaryl/α,β-unsaturated/α-hetero) is 1. The van der Waals surface area contributed by atoms with E-state index in [0.29, 0.717) is 11.4 Å². The van der Waals surface area contributed by atoms with Crippen molar-refractivity contribution in [1.29, 1.82) is 0 Å². The third-order valence-electron chi connectivity index (χ3n) is 4.09. The first-order valence-corrected chi connectivity index (χ1v) is 8.66. The summed E-state index contributed by atoms with van der Waals surface area (Å²) in [7, 11) is 0. The first-order valence-electron chi connectivity index (χ1n) is 8.66. The Bertz CT molecular complexity index is 967. The van der Waals surface area contributed by atoms with Crippen LogP contribution in [0.25, 0.3) is 10.9 Å². The topological polar surface area (TPSA) is 54.4 Å². The van der Waals surface area contributed by atoms with Crippen LogP contribution in [0.3, 0.4) is 0 Å². The summed E-state index contributed by atoms with van der Waals surface area (Å²) in [6.45, 7) is 7.69. The highest BCUT2D eigenvalue weighted by Crippen LogP contribution is 2.20. The van der Waals surface area contributed by atoms with Gasteiger partial charge in [0, 0.05) is 10.8 Å². The molecule has 0 amide bonds. The molecule has 0 unspecified atom stereocenters. The fraction of sp³-hybridized carbons (Fsp3) is 0.227. The molecule has 26 heavy (non-hydrogen) atoms. The predicted molar refractivity (Wildman–Crippen MR) is 108 cm³/mol. The van der Waals surface area contributed by atoms with Crippen molar-refractivity contribution in [1.82, 2.24) is 4.98 Å². The molecule has 0 saturated carbocycles. The van der Waals surface area contributed by atoms with Gasteiger partial charge < -0.3 is 0 Å². The Balaban J connectivity index is 2.02. The molecule has 3 aromatic rings. The molecule has 0 radical (unpaired) electrons. The monoisotopic (exact) mass is 345 g/mol. The zero-order valence-electron chi connectivity index (χ0n) is 15.6. The number of benzene rings is 2. The first kappa shape index (κ1) is 17.8. The second kappa shape index (κ2) is 7.08. The molecule has 0 fully saturated rings. The van der Waals surface area contributed by atoms with Crippen LogP contribution in [0.15, 0.2) is 65.8 Å². The summed E-state index contributed by atoms with van der Waals surface area (Å²) in [6, 6.07) is 19.5. The number of nitrogens with one attached hydrogen (secondary N) is 1. The maximum Gasteiger partial charge on any atom is 0.190 e. The van der Waals surface area contributed by atoms with Gasteiger partial charge in [-0.15, -0.1) is 0 Å². The Morgan fingerprint density at radius 3 is 2.35 bits per heavy atom. The maximum absolute atomic E-state index is 13.0. The van der Waals surface area contributed by atoms with Gasteiger partial charge in [0.1, 0.15) is 0 Å². The molecule has 2 aromatic carbocycles. The highest BCUT2D eigenvalue weighted by Gasteiger charge is 2.28. The number of aryl methyl sites for hydroxylation is 1. The van der Waals surface area contributed by atoms with Gasteiger partial charge in [-0.05, 0) is 31.2 Å². The minimum Gasteiger partial charge on any atom is -0.292 e. The summed E-state index contributed by atoms with van der Waals surface area (Å²) >= 11 is 0. The number of aromatic nitrogens is 1. The molecular formula is C22H23N3O. The van der Waals surface area contributed by atoms with Gasteiger partial charge in [-0.1, -0.05) is 62.7 Å². The van der Waals surface area contributed by atoms with Gasteiger partial charge in [0.2, 0.25) is 0 Å². The molecule has 1 N–H and O–H groups in total. The van der Waals surface area contributed by atoms with E-state index >= 15 is 0 Å². The largest absolute Gasteiger partial charge is 0.292 e. The number of carbonyl (C=O) groups is 1. The molecule has 0 atom stereocenters. The second-order valence-electron chi connectivity index (χ2n) is 7.41. The van der Waals surface area contributed by atoms with Gasteiger partial charge in [0.25, 0.3) is 0 Å². The summed E-state index contributed by atoms with van der Waals surface area (Å²) in [5.41, 5.74) is 6.19. The van der Waals surface area contributed by atoms with Crippen LogP contribution in [0, 0.1) is 12.3 Å². The van der Waals surface area contributed by atoms with E-state index in [-0.39, 0.29) is 5.78 Å². The quantitative estimate of drug-likeness (QED) is 0.536. The molecule has 1 aromatic heterocycles. The number of ketones is 1. The van der Waals surface area contributed by atoms with E-state index in [1.807, 2.05) is 88.4 Å². The molecule has 132 valence electrons. The number of para-hydroxylation sites is 1. The summed E-state index contributed by atoms with van der Waals surface area (Å²) in [6.07, 6.45) is 0. The number of nitrogens with zero attached hydrogens (tertiary/aromatic N) is 2. The number of anilines is 1. The molecule has 0 saturated heterocycles. The SMILES string of the molecule is Cc1ccc(N/N=C(/C(=O)C(C)(C)C)c2ccc3ccccc3n2)cc1. The predicted octanol–water partition coefficient (Wildman–Crippen LogP) is 4.97. The minimum atomic E-state index is -0.554. The van der Waals surface area contributed by atoms with Gasteiger partial charge in [-0.25, -0.2) is 4.98 Å². The van der Waals surface area contributed by atoms with Crippen molar-refractivity contribution in [3.8, 4) is 0 Å². The van der Waals surface area contributed by atoms with Crippen LogP contribution in [0.2, 0.25) is 0 Å². The van der Waals surface area contributed by atoms with Crippen molar-refractivity contribution in [2.45, 2.75) is 27.7 Å². The van der Waals surface area contributed by atoms with Gasteiger partial charge in [-0.3, -0.25) is 10.2 Å². The molecule has 4 heteroatoms. The highest BCUT2D eigenvalue weighted by atomic mass is 16.1. The average Bonchev–Trinajstić information content (AvgIpc) is 2.62. The molecule has 0 aliphatic carbocycles. The smallest absolute Gasteiger partial charge is 0.190 e. The summed E-state index contributed by atoms with van der Waals surface area (Å²) in [5.74, 6) is -0.0557. The van der Waals surface area contributed by atoms with Crippen LogP contribution < -0.4 is 5.43 Å². The average molecular weight is 345 g/mol. The summed E-state index contributed by atoms with van der Waals surface area (Å²) in [4.78, 5) is 17.6. The number of hydrogen-bond donors (Lipinski definition) is 1. The van der Waals surface area contributed by atoms with Crippen LogP contribution in [0.4, 0.5) is 5.69 Å².